The fraction of sp³-hybridized carbons (Fsp3) is 0.429. The lowest BCUT2D eigenvalue weighted by atomic mass is 10.0. The molecule has 2 aliphatic rings. The lowest BCUT2D eigenvalue weighted by molar-refractivity contribution is 0.0976. The van der Waals surface area contributed by atoms with Gasteiger partial charge in [0.05, 0.1) is 10.6 Å². The van der Waals surface area contributed by atoms with E-state index < -0.39 is 0 Å². The van der Waals surface area contributed by atoms with Gasteiger partial charge in [0.2, 0.25) is 0 Å². The summed E-state index contributed by atoms with van der Waals surface area (Å²) in [5.74, 6) is 0.290. The zero-order valence-electron chi connectivity index (χ0n) is 10.5. The number of hydrogen-bond acceptors (Lipinski definition) is 5. The van der Waals surface area contributed by atoms with Crippen LogP contribution < -0.4 is 4.90 Å². The van der Waals surface area contributed by atoms with E-state index >= 15 is 0 Å². The number of Topliss-reactive ketones (excluding diaryl/α,β-unsaturated/α-hetero) is 1. The Bertz CT molecular complexity index is 644. The molecule has 0 bridgehead atoms. The molecule has 0 saturated heterocycles. The lowest BCUT2D eigenvalue weighted by Gasteiger charge is -2.26. The van der Waals surface area contributed by atoms with Crippen LogP contribution in [0.3, 0.4) is 0 Å². The maximum Gasteiger partial charge on any atom is 0.186 e. The van der Waals surface area contributed by atoms with Crippen LogP contribution >= 0.6 is 22.7 Å². The molecule has 0 saturated carbocycles. The molecule has 0 N–H and O–H groups in total. The van der Waals surface area contributed by atoms with Crippen molar-refractivity contribution in [3.05, 3.63) is 32.5 Å². The Morgan fingerprint density at radius 3 is 3.11 bits per heavy atom. The third kappa shape index (κ3) is 1.92. The van der Waals surface area contributed by atoms with Crippen molar-refractivity contribution in [1.29, 1.82) is 0 Å². The summed E-state index contributed by atoms with van der Waals surface area (Å²) in [6.07, 6.45) is 3.73. The minimum absolute atomic E-state index is 0.290. The van der Waals surface area contributed by atoms with Gasteiger partial charge in [-0.15, -0.1) is 11.3 Å². The van der Waals surface area contributed by atoms with E-state index in [0.29, 0.717) is 12.2 Å². The van der Waals surface area contributed by atoms with Gasteiger partial charge in [0.15, 0.2) is 10.9 Å². The van der Waals surface area contributed by atoms with E-state index in [1.54, 1.807) is 11.3 Å². The average Bonchev–Trinajstić information content (AvgIpc) is 3.04. The molecule has 98 valence electrons. The van der Waals surface area contributed by atoms with Crippen molar-refractivity contribution in [1.82, 2.24) is 4.98 Å². The zero-order chi connectivity index (χ0) is 12.8. The monoisotopic (exact) mass is 290 g/mol. The van der Waals surface area contributed by atoms with Crippen LogP contribution in [0.5, 0.6) is 0 Å². The van der Waals surface area contributed by atoms with Gasteiger partial charge in [-0.1, -0.05) is 11.3 Å². The second-order valence-corrected chi connectivity index (χ2v) is 7.07. The van der Waals surface area contributed by atoms with Gasteiger partial charge in [-0.25, -0.2) is 4.98 Å². The van der Waals surface area contributed by atoms with E-state index in [-0.39, 0.29) is 0 Å². The van der Waals surface area contributed by atoms with Crippen LogP contribution in [0.15, 0.2) is 11.4 Å². The number of anilines is 1. The topological polar surface area (TPSA) is 33.2 Å². The predicted molar refractivity (Wildman–Crippen MR) is 78.5 cm³/mol. The van der Waals surface area contributed by atoms with Gasteiger partial charge in [0.25, 0.3) is 0 Å². The second kappa shape index (κ2) is 4.42. The van der Waals surface area contributed by atoms with E-state index in [2.05, 4.69) is 16.3 Å². The molecular weight excluding hydrogens is 276 g/mol. The first kappa shape index (κ1) is 11.6. The molecule has 1 aliphatic heterocycles. The number of fused-ring (bicyclic) bond motifs is 2. The Labute approximate surface area is 119 Å². The average molecular weight is 290 g/mol. The molecule has 1 aliphatic carbocycles. The highest BCUT2D eigenvalue weighted by Gasteiger charge is 2.26. The van der Waals surface area contributed by atoms with Gasteiger partial charge in [-0.3, -0.25) is 4.79 Å². The molecule has 2 aromatic rings. The summed E-state index contributed by atoms with van der Waals surface area (Å²) in [5.41, 5.74) is 2.46. The summed E-state index contributed by atoms with van der Waals surface area (Å²) in [4.78, 5) is 21.3. The molecular formula is C14H14N2OS2. The predicted octanol–water partition coefficient (Wildman–Crippen LogP) is 3.29. The Balaban J connectivity index is 1.65. The van der Waals surface area contributed by atoms with Crippen LogP contribution in [0, 0.1) is 0 Å². The third-order valence-corrected chi connectivity index (χ3v) is 6.06. The number of hydrogen-bond donors (Lipinski definition) is 0. The van der Waals surface area contributed by atoms with E-state index in [9.17, 15) is 4.79 Å². The Hall–Kier alpha value is -1.20. The smallest absolute Gasteiger partial charge is 0.186 e. The van der Waals surface area contributed by atoms with Crippen molar-refractivity contribution in [2.75, 3.05) is 11.4 Å². The molecule has 5 heteroatoms. The van der Waals surface area contributed by atoms with Crippen molar-refractivity contribution >= 4 is 33.6 Å². The molecule has 0 spiro atoms. The molecule has 4 rings (SSSR count). The van der Waals surface area contributed by atoms with Crippen molar-refractivity contribution in [3.8, 4) is 0 Å². The second-order valence-electron chi connectivity index (χ2n) is 5.09. The molecule has 3 nitrogen and oxygen atoms in total. The van der Waals surface area contributed by atoms with Crippen molar-refractivity contribution in [2.24, 2.45) is 0 Å². The minimum Gasteiger partial charge on any atom is -0.343 e. The number of ketones is 1. The van der Waals surface area contributed by atoms with Gasteiger partial charge in [-0.05, 0) is 36.3 Å². The van der Waals surface area contributed by atoms with Crippen LogP contribution in [0.2, 0.25) is 0 Å². The fourth-order valence-electron chi connectivity index (χ4n) is 2.80. The van der Waals surface area contributed by atoms with E-state index in [4.69, 9.17) is 4.98 Å². The first-order valence-corrected chi connectivity index (χ1v) is 8.34. The number of thiophene rings is 1. The van der Waals surface area contributed by atoms with Crippen LogP contribution in [-0.4, -0.2) is 17.3 Å². The first-order chi connectivity index (χ1) is 9.31. The summed E-state index contributed by atoms with van der Waals surface area (Å²) in [6.45, 7) is 1.97. The van der Waals surface area contributed by atoms with Gasteiger partial charge < -0.3 is 4.90 Å². The highest BCUT2D eigenvalue weighted by atomic mass is 32.1. The Kier molecular flexibility index (Phi) is 2.70. The molecule has 0 atom stereocenters. The highest BCUT2D eigenvalue weighted by Crippen LogP contribution is 2.34. The number of aromatic nitrogens is 1. The number of rotatable bonds is 1. The standard InChI is InChI=1S/C14H14N2OS2/c17-11-3-1-2-10-13(11)19-14(15-10)16-6-4-12-9(8-16)5-7-18-12/h5,7H,1-4,6,8H2. The zero-order valence-corrected chi connectivity index (χ0v) is 12.1. The fourth-order valence-corrected chi connectivity index (χ4v) is 4.80. The third-order valence-electron chi connectivity index (χ3n) is 3.83. The van der Waals surface area contributed by atoms with Crippen LogP contribution in [0.1, 0.15) is 38.6 Å². The summed E-state index contributed by atoms with van der Waals surface area (Å²) in [7, 11) is 0. The first-order valence-electron chi connectivity index (χ1n) is 6.64. The summed E-state index contributed by atoms with van der Waals surface area (Å²) in [6, 6.07) is 2.21. The van der Waals surface area contributed by atoms with Crippen LogP contribution in [0.25, 0.3) is 0 Å². The molecule has 0 fully saturated rings. The lowest BCUT2D eigenvalue weighted by Crippen LogP contribution is -2.29. The number of thiazole rings is 1. The van der Waals surface area contributed by atoms with Gasteiger partial charge >= 0.3 is 0 Å². The molecule has 0 aromatic carbocycles. The summed E-state index contributed by atoms with van der Waals surface area (Å²) < 4.78 is 0. The summed E-state index contributed by atoms with van der Waals surface area (Å²) in [5, 5.41) is 3.21. The SMILES string of the molecule is O=C1CCCc2nc(N3CCc4sccc4C3)sc21. The molecule has 0 unspecified atom stereocenters. The normalized spacial score (nSPS) is 18.3. The van der Waals surface area contributed by atoms with Crippen molar-refractivity contribution < 1.29 is 4.79 Å². The largest absolute Gasteiger partial charge is 0.343 e. The molecule has 2 aromatic heterocycles. The van der Waals surface area contributed by atoms with E-state index in [1.807, 2.05) is 11.3 Å². The maximum absolute atomic E-state index is 11.9. The Morgan fingerprint density at radius 1 is 1.26 bits per heavy atom. The van der Waals surface area contributed by atoms with Gasteiger partial charge in [0, 0.05) is 24.4 Å². The van der Waals surface area contributed by atoms with Crippen molar-refractivity contribution in [3.63, 3.8) is 0 Å². The van der Waals surface area contributed by atoms with Gasteiger partial charge in [-0.2, -0.15) is 0 Å². The van der Waals surface area contributed by atoms with Crippen molar-refractivity contribution in [2.45, 2.75) is 32.2 Å². The van der Waals surface area contributed by atoms with E-state index in [0.717, 1.165) is 48.1 Å². The van der Waals surface area contributed by atoms with E-state index in [1.165, 1.54) is 10.4 Å². The molecule has 0 radical (unpaired) electrons. The number of nitrogens with zero attached hydrogens (tertiary/aromatic N) is 2. The number of aryl methyl sites for hydroxylation is 1. The number of carbonyl (C=O) groups excluding carboxylic acids is 1. The molecule has 3 heterocycles. The number of carbonyl (C=O) groups is 1. The van der Waals surface area contributed by atoms with Gasteiger partial charge in [0.1, 0.15) is 0 Å². The Morgan fingerprint density at radius 2 is 2.21 bits per heavy atom. The maximum atomic E-state index is 11.9. The molecule has 19 heavy (non-hydrogen) atoms. The minimum atomic E-state index is 0.290. The quantitative estimate of drug-likeness (QED) is 0.808. The highest BCUT2D eigenvalue weighted by molar-refractivity contribution is 7.17. The molecule has 0 amide bonds. The van der Waals surface area contributed by atoms with Crippen LogP contribution in [-0.2, 0) is 19.4 Å². The van der Waals surface area contributed by atoms with Crippen LogP contribution in [0.4, 0.5) is 5.13 Å². The summed E-state index contributed by atoms with van der Waals surface area (Å²) >= 11 is 3.45.